The van der Waals surface area contributed by atoms with Crippen molar-refractivity contribution in [2.45, 2.75) is 13.0 Å². The number of aromatic nitrogens is 1. The molecule has 1 fully saturated rings. The minimum absolute atomic E-state index is 0.0119. The molecule has 8 heteroatoms. The quantitative estimate of drug-likeness (QED) is 0.630. The fourth-order valence-electron chi connectivity index (χ4n) is 1.96. The zero-order valence-corrected chi connectivity index (χ0v) is 10.3. The van der Waals surface area contributed by atoms with Gasteiger partial charge < -0.3 is 14.7 Å². The lowest BCUT2D eigenvalue weighted by Crippen LogP contribution is -2.50. The van der Waals surface area contributed by atoms with E-state index in [4.69, 9.17) is 9.84 Å². The van der Waals surface area contributed by atoms with Crippen LogP contribution in [0.4, 0.5) is 11.5 Å². The number of carboxylic acids is 1. The highest BCUT2D eigenvalue weighted by Crippen LogP contribution is 2.29. The van der Waals surface area contributed by atoms with Crippen LogP contribution < -0.4 is 4.90 Å². The summed E-state index contributed by atoms with van der Waals surface area (Å²) in [5.41, 5.74) is 0.462. The topological polar surface area (TPSA) is 106 Å². The van der Waals surface area contributed by atoms with Crippen LogP contribution in [-0.2, 0) is 9.53 Å². The van der Waals surface area contributed by atoms with Gasteiger partial charge in [0.15, 0.2) is 6.04 Å². The monoisotopic (exact) mass is 267 g/mol. The normalized spacial score (nSPS) is 19.2. The molecular weight excluding hydrogens is 254 g/mol. The first-order valence-electron chi connectivity index (χ1n) is 5.69. The van der Waals surface area contributed by atoms with Crippen molar-refractivity contribution < 1.29 is 19.6 Å². The van der Waals surface area contributed by atoms with Crippen LogP contribution in [0.15, 0.2) is 12.3 Å². The molecule has 2 rings (SSSR count). The summed E-state index contributed by atoms with van der Waals surface area (Å²) in [5, 5.41) is 20.2. The number of nitro groups is 1. The predicted molar refractivity (Wildman–Crippen MR) is 65.2 cm³/mol. The minimum atomic E-state index is -1.09. The molecule has 0 amide bonds. The van der Waals surface area contributed by atoms with Crippen molar-refractivity contribution in [3.05, 3.63) is 27.9 Å². The zero-order chi connectivity index (χ0) is 14.0. The van der Waals surface area contributed by atoms with Gasteiger partial charge in [-0.1, -0.05) is 0 Å². The fourth-order valence-corrected chi connectivity index (χ4v) is 1.96. The van der Waals surface area contributed by atoms with Crippen molar-refractivity contribution in [2.75, 3.05) is 24.7 Å². The molecule has 0 aliphatic carbocycles. The van der Waals surface area contributed by atoms with Crippen molar-refractivity contribution in [3.63, 3.8) is 0 Å². The molecular formula is C11H13N3O5. The first-order valence-corrected chi connectivity index (χ1v) is 5.69. The van der Waals surface area contributed by atoms with Crippen LogP contribution in [0.3, 0.4) is 0 Å². The molecule has 1 atom stereocenters. The molecule has 0 bridgehead atoms. The van der Waals surface area contributed by atoms with E-state index in [-0.39, 0.29) is 24.7 Å². The lowest BCUT2D eigenvalue weighted by Gasteiger charge is -2.33. The van der Waals surface area contributed by atoms with Gasteiger partial charge in [-0.05, 0) is 12.5 Å². The maximum Gasteiger partial charge on any atom is 0.328 e. The van der Waals surface area contributed by atoms with Gasteiger partial charge in [0.05, 0.1) is 18.1 Å². The number of anilines is 1. The third-order valence-electron chi connectivity index (χ3n) is 2.87. The summed E-state index contributed by atoms with van der Waals surface area (Å²) in [6.45, 7) is 2.25. The Kier molecular flexibility index (Phi) is 3.61. The van der Waals surface area contributed by atoms with E-state index in [0.29, 0.717) is 12.2 Å². The molecule has 19 heavy (non-hydrogen) atoms. The van der Waals surface area contributed by atoms with E-state index in [9.17, 15) is 14.9 Å². The Morgan fingerprint density at radius 1 is 1.68 bits per heavy atom. The summed E-state index contributed by atoms with van der Waals surface area (Å²) >= 11 is 0. The average Bonchev–Trinajstić information content (AvgIpc) is 2.38. The van der Waals surface area contributed by atoms with E-state index < -0.39 is 16.9 Å². The van der Waals surface area contributed by atoms with Crippen LogP contribution in [-0.4, -0.2) is 46.8 Å². The summed E-state index contributed by atoms with van der Waals surface area (Å²) in [7, 11) is 0. The van der Waals surface area contributed by atoms with Crippen LogP contribution in [0, 0.1) is 17.0 Å². The number of pyridine rings is 1. The minimum Gasteiger partial charge on any atom is -0.480 e. The summed E-state index contributed by atoms with van der Waals surface area (Å²) < 4.78 is 5.10. The smallest absolute Gasteiger partial charge is 0.328 e. The van der Waals surface area contributed by atoms with E-state index >= 15 is 0 Å². The molecule has 1 N–H and O–H groups in total. The fraction of sp³-hybridized carbons (Fsp3) is 0.455. The molecule has 1 aromatic heterocycles. The second kappa shape index (κ2) is 5.19. The van der Waals surface area contributed by atoms with Gasteiger partial charge in [-0.2, -0.15) is 0 Å². The molecule has 1 unspecified atom stereocenters. The number of aryl methyl sites for hydroxylation is 1. The Hall–Kier alpha value is -2.22. The van der Waals surface area contributed by atoms with Crippen LogP contribution in [0.1, 0.15) is 5.56 Å². The highest BCUT2D eigenvalue weighted by atomic mass is 16.6. The largest absolute Gasteiger partial charge is 0.480 e. The molecule has 1 aliphatic rings. The van der Waals surface area contributed by atoms with Crippen molar-refractivity contribution in [1.82, 2.24) is 4.98 Å². The lowest BCUT2D eigenvalue weighted by atomic mass is 10.2. The molecule has 0 spiro atoms. The van der Waals surface area contributed by atoms with E-state index in [0.717, 1.165) is 0 Å². The Labute approximate surface area is 108 Å². The van der Waals surface area contributed by atoms with Gasteiger partial charge in [0.1, 0.15) is 0 Å². The first-order chi connectivity index (χ1) is 9.00. The van der Waals surface area contributed by atoms with Gasteiger partial charge in [-0.25, -0.2) is 9.78 Å². The Balaban J connectivity index is 2.44. The molecule has 0 saturated carbocycles. The Morgan fingerprint density at radius 3 is 3.05 bits per heavy atom. The third-order valence-corrected chi connectivity index (χ3v) is 2.87. The molecule has 8 nitrogen and oxygen atoms in total. The summed E-state index contributed by atoms with van der Waals surface area (Å²) in [6, 6.07) is 0.430. The van der Waals surface area contributed by atoms with Crippen LogP contribution in [0.5, 0.6) is 0 Å². The van der Waals surface area contributed by atoms with Crippen molar-refractivity contribution in [2.24, 2.45) is 0 Å². The number of carbonyl (C=O) groups is 1. The highest BCUT2D eigenvalue weighted by Gasteiger charge is 2.34. The SMILES string of the molecule is Cc1cnc(N2CCOCC2C(=O)O)c([N+](=O)[O-])c1. The van der Waals surface area contributed by atoms with Gasteiger partial charge in [-0.15, -0.1) is 0 Å². The maximum atomic E-state index is 11.2. The average molecular weight is 267 g/mol. The van der Waals surface area contributed by atoms with Crippen LogP contribution >= 0.6 is 0 Å². The third kappa shape index (κ3) is 2.63. The number of aliphatic carboxylic acids is 1. The van der Waals surface area contributed by atoms with Crippen LogP contribution in [0.25, 0.3) is 0 Å². The second-order valence-corrected chi connectivity index (χ2v) is 4.23. The molecule has 0 radical (unpaired) electrons. The van der Waals surface area contributed by atoms with Crippen LogP contribution in [0.2, 0.25) is 0 Å². The molecule has 1 aliphatic heterocycles. The zero-order valence-electron chi connectivity index (χ0n) is 10.3. The molecule has 1 aromatic rings. The number of hydrogen-bond acceptors (Lipinski definition) is 6. The molecule has 1 saturated heterocycles. The number of nitrogens with zero attached hydrogens (tertiary/aromatic N) is 3. The van der Waals surface area contributed by atoms with Crippen molar-refractivity contribution >= 4 is 17.5 Å². The van der Waals surface area contributed by atoms with Gasteiger partial charge >= 0.3 is 11.7 Å². The maximum absolute atomic E-state index is 11.2. The summed E-state index contributed by atoms with van der Waals surface area (Å²) in [4.78, 5) is 27.1. The summed E-state index contributed by atoms with van der Waals surface area (Å²) in [6.07, 6.45) is 1.48. The Morgan fingerprint density at radius 2 is 2.42 bits per heavy atom. The molecule has 2 heterocycles. The van der Waals surface area contributed by atoms with Crippen molar-refractivity contribution in [1.29, 1.82) is 0 Å². The molecule has 0 aromatic carbocycles. The van der Waals surface area contributed by atoms with Gasteiger partial charge in [0.2, 0.25) is 5.82 Å². The summed E-state index contributed by atoms with van der Waals surface area (Å²) in [5.74, 6) is -1.01. The van der Waals surface area contributed by atoms with E-state index in [1.54, 1.807) is 6.92 Å². The number of rotatable bonds is 3. The standard InChI is InChI=1S/C11H13N3O5/c1-7-4-8(14(17)18)10(12-5-7)13-2-3-19-6-9(13)11(15)16/h4-5,9H,2-3,6H2,1H3,(H,15,16). The van der Waals surface area contributed by atoms with E-state index in [1.165, 1.54) is 17.2 Å². The lowest BCUT2D eigenvalue weighted by molar-refractivity contribution is -0.384. The van der Waals surface area contributed by atoms with Gasteiger partial charge in [-0.3, -0.25) is 10.1 Å². The van der Waals surface area contributed by atoms with Gasteiger partial charge in [0.25, 0.3) is 0 Å². The highest BCUT2D eigenvalue weighted by molar-refractivity contribution is 5.79. The first kappa shape index (κ1) is 13.2. The predicted octanol–water partition coefficient (Wildman–Crippen LogP) is 0.588. The number of carboxylic acid groups (broad SMARTS) is 1. The number of ether oxygens (including phenoxy) is 1. The number of hydrogen-bond donors (Lipinski definition) is 1. The van der Waals surface area contributed by atoms with Gasteiger partial charge in [0, 0.05) is 18.8 Å². The van der Waals surface area contributed by atoms with Crippen molar-refractivity contribution in [3.8, 4) is 0 Å². The van der Waals surface area contributed by atoms with E-state index in [2.05, 4.69) is 4.98 Å². The van der Waals surface area contributed by atoms with E-state index in [1.807, 2.05) is 0 Å². The molecule has 102 valence electrons. The Bertz CT molecular complexity index is 519. The number of morpholine rings is 1. The second-order valence-electron chi connectivity index (χ2n) is 4.23.